The van der Waals surface area contributed by atoms with Gasteiger partial charge in [-0.05, 0) is 17.5 Å². The molecule has 0 unspecified atom stereocenters. The average molecular weight is 247 g/mol. The summed E-state index contributed by atoms with van der Waals surface area (Å²) in [7, 11) is 4.24. The Kier molecular flexibility index (Phi) is 2.84. The quantitative estimate of drug-likeness (QED) is 0.593. The van der Waals surface area contributed by atoms with Crippen LogP contribution in [0.15, 0.2) is 36.4 Å². The van der Waals surface area contributed by atoms with Crippen molar-refractivity contribution < 1.29 is 17.0 Å². The van der Waals surface area contributed by atoms with E-state index in [0.717, 1.165) is 0 Å². The lowest BCUT2D eigenvalue weighted by molar-refractivity contribution is -0.405. The molecule has 0 aliphatic carbocycles. The zero-order valence-corrected chi connectivity index (χ0v) is 11.0. The molecule has 0 bridgehead atoms. The van der Waals surface area contributed by atoms with Crippen molar-refractivity contribution >= 4 is 28.0 Å². The van der Waals surface area contributed by atoms with Crippen molar-refractivity contribution in [3.8, 4) is 0 Å². The monoisotopic (exact) mass is 246 g/mol. The van der Waals surface area contributed by atoms with Crippen LogP contribution in [-0.4, -0.2) is 24.5 Å². The molecule has 88 valence electrons. The zero-order chi connectivity index (χ0) is 11.3. The number of rotatable bonds is 0. The fourth-order valence-electron chi connectivity index (χ4n) is 2.43. The van der Waals surface area contributed by atoms with E-state index in [1.807, 2.05) is 0 Å². The number of hydrogen-bond acceptors (Lipinski definition) is 1. The highest BCUT2D eigenvalue weighted by Gasteiger charge is 2.26. The van der Waals surface area contributed by atoms with Gasteiger partial charge in [-0.2, -0.15) is 0 Å². The molecule has 3 heteroatoms. The molecule has 0 atom stereocenters. The van der Waals surface area contributed by atoms with Crippen LogP contribution in [0.4, 0.5) is 11.4 Å². The van der Waals surface area contributed by atoms with Gasteiger partial charge in [0.2, 0.25) is 0 Å². The van der Waals surface area contributed by atoms with Crippen LogP contribution < -0.4 is 17.3 Å². The van der Waals surface area contributed by atoms with Crippen LogP contribution in [0.3, 0.4) is 0 Å². The molecule has 17 heavy (non-hydrogen) atoms. The summed E-state index contributed by atoms with van der Waals surface area (Å²) in [6, 6.07) is 13.0. The molecule has 2 aromatic carbocycles. The highest BCUT2D eigenvalue weighted by molar-refractivity contribution is 6.10. The molecule has 1 aliphatic rings. The third-order valence-corrected chi connectivity index (χ3v) is 3.55. The summed E-state index contributed by atoms with van der Waals surface area (Å²) < 4.78 is 2.25. The summed E-state index contributed by atoms with van der Waals surface area (Å²) in [6.07, 6.45) is 0. The largest absolute Gasteiger partial charge is 1.00 e. The van der Waals surface area contributed by atoms with Gasteiger partial charge >= 0.3 is 0 Å². The van der Waals surface area contributed by atoms with Crippen LogP contribution in [0.5, 0.6) is 0 Å². The minimum atomic E-state index is 0. The fraction of sp³-hybridized carbons (Fsp3) is 0.214. The van der Waals surface area contributed by atoms with E-state index < -0.39 is 0 Å². The Hall–Kier alpha value is -1.54. The van der Waals surface area contributed by atoms with Gasteiger partial charge in [0.1, 0.15) is 11.4 Å². The van der Waals surface area contributed by atoms with Crippen molar-refractivity contribution in [1.29, 1.82) is 0 Å². The predicted octanol–water partition coefficient (Wildman–Crippen LogP) is -0.0142. The van der Waals surface area contributed by atoms with Crippen LogP contribution in [0.25, 0.3) is 10.8 Å². The molecular formula is C14H15ClN2. The lowest BCUT2D eigenvalue weighted by Crippen LogP contribution is -3.00. The zero-order valence-electron chi connectivity index (χ0n) is 10.2. The van der Waals surface area contributed by atoms with Crippen LogP contribution in [0, 0.1) is 0 Å². The van der Waals surface area contributed by atoms with Gasteiger partial charge in [0, 0.05) is 6.92 Å². The third-order valence-electron chi connectivity index (χ3n) is 3.55. The third kappa shape index (κ3) is 1.52. The number of benzene rings is 2. The Balaban J connectivity index is 0.00000108. The molecule has 2 aromatic rings. The SMILES string of the molecule is CC1=[N+](C)c2cccc3cccc(c23)N1C.[Cl-]. The summed E-state index contributed by atoms with van der Waals surface area (Å²) in [5.41, 5.74) is 2.59. The summed E-state index contributed by atoms with van der Waals surface area (Å²) in [5.74, 6) is 1.26. The predicted molar refractivity (Wildman–Crippen MR) is 68.9 cm³/mol. The lowest BCUT2D eigenvalue weighted by Gasteiger charge is -2.22. The minimum absolute atomic E-state index is 0. The Morgan fingerprint density at radius 2 is 1.71 bits per heavy atom. The topological polar surface area (TPSA) is 6.25 Å². The first-order valence-corrected chi connectivity index (χ1v) is 5.53. The molecule has 1 heterocycles. The Bertz CT molecular complexity index is 611. The maximum atomic E-state index is 2.25. The number of amidine groups is 1. The van der Waals surface area contributed by atoms with E-state index in [9.17, 15) is 0 Å². The number of nitrogens with zero attached hydrogens (tertiary/aromatic N) is 2. The van der Waals surface area contributed by atoms with Gasteiger partial charge in [0.05, 0.1) is 19.5 Å². The Morgan fingerprint density at radius 3 is 2.41 bits per heavy atom. The molecule has 3 rings (SSSR count). The number of anilines is 1. The van der Waals surface area contributed by atoms with E-state index in [4.69, 9.17) is 0 Å². The molecule has 0 radical (unpaired) electrons. The van der Waals surface area contributed by atoms with Crippen molar-refractivity contribution in [2.24, 2.45) is 0 Å². The second-order valence-electron chi connectivity index (χ2n) is 4.32. The molecule has 2 nitrogen and oxygen atoms in total. The molecule has 0 amide bonds. The lowest BCUT2D eigenvalue weighted by atomic mass is 10.0. The Morgan fingerprint density at radius 1 is 1.06 bits per heavy atom. The molecule has 1 aliphatic heterocycles. The minimum Gasteiger partial charge on any atom is -1.00 e. The summed E-state index contributed by atoms with van der Waals surface area (Å²) >= 11 is 0. The smallest absolute Gasteiger partial charge is 0.253 e. The van der Waals surface area contributed by atoms with Crippen LogP contribution in [0.2, 0.25) is 0 Å². The van der Waals surface area contributed by atoms with Crippen molar-refractivity contribution in [1.82, 2.24) is 0 Å². The highest BCUT2D eigenvalue weighted by atomic mass is 35.5. The van der Waals surface area contributed by atoms with Gasteiger partial charge in [-0.1, -0.05) is 24.3 Å². The van der Waals surface area contributed by atoms with Gasteiger partial charge in [0.25, 0.3) is 5.84 Å². The van der Waals surface area contributed by atoms with Crippen molar-refractivity contribution in [3.05, 3.63) is 36.4 Å². The molecule has 0 saturated heterocycles. The van der Waals surface area contributed by atoms with E-state index in [1.165, 1.54) is 28.0 Å². The number of hydrogen-bond donors (Lipinski definition) is 0. The summed E-state index contributed by atoms with van der Waals surface area (Å²) in [5, 5.41) is 2.65. The first-order chi connectivity index (χ1) is 7.70. The maximum absolute atomic E-state index is 2.25. The van der Waals surface area contributed by atoms with Crippen LogP contribution in [-0.2, 0) is 0 Å². The van der Waals surface area contributed by atoms with Crippen LogP contribution >= 0.6 is 0 Å². The fourth-order valence-corrected chi connectivity index (χ4v) is 2.43. The molecular weight excluding hydrogens is 232 g/mol. The molecule has 0 spiro atoms. The second kappa shape index (κ2) is 4.04. The van der Waals surface area contributed by atoms with Gasteiger partial charge in [-0.15, -0.1) is 0 Å². The first-order valence-electron chi connectivity index (χ1n) is 5.53. The van der Waals surface area contributed by atoms with Gasteiger partial charge in [0.15, 0.2) is 0 Å². The van der Waals surface area contributed by atoms with Gasteiger partial charge in [-0.25, -0.2) is 9.48 Å². The first kappa shape index (κ1) is 11.9. The average Bonchev–Trinajstić information content (AvgIpc) is 2.33. The van der Waals surface area contributed by atoms with E-state index in [1.54, 1.807) is 0 Å². The highest BCUT2D eigenvalue weighted by Crippen LogP contribution is 2.36. The molecule has 0 N–H and O–H groups in total. The van der Waals surface area contributed by atoms with Crippen LogP contribution in [0.1, 0.15) is 6.92 Å². The van der Waals surface area contributed by atoms with Gasteiger partial charge in [-0.3, -0.25) is 0 Å². The van der Waals surface area contributed by atoms with E-state index >= 15 is 0 Å². The maximum Gasteiger partial charge on any atom is 0.253 e. The molecule has 0 fully saturated rings. The molecule has 0 saturated carbocycles. The van der Waals surface area contributed by atoms with E-state index in [0.29, 0.717) is 0 Å². The normalized spacial score (nSPS) is 13.9. The van der Waals surface area contributed by atoms with Crippen molar-refractivity contribution in [2.75, 3.05) is 19.0 Å². The van der Waals surface area contributed by atoms with E-state index in [2.05, 4.69) is 66.9 Å². The standard InChI is InChI=1S/C14H15N2.ClH/c1-10-15(2)12-8-4-6-11-7-5-9-13(14(11)12)16(10)3;/h4-9H,1-3H3;1H/q+1;/p-1. The van der Waals surface area contributed by atoms with Crippen molar-refractivity contribution in [2.45, 2.75) is 6.92 Å². The number of halogens is 1. The summed E-state index contributed by atoms with van der Waals surface area (Å²) in [4.78, 5) is 2.25. The molecule has 0 aromatic heterocycles. The Labute approximate surface area is 108 Å². The van der Waals surface area contributed by atoms with Crippen molar-refractivity contribution in [3.63, 3.8) is 0 Å². The van der Waals surface area contributed by atoms with Gasteiger partial charge < -0.3 is 12.4 Å². The van der Waals surface area contributed by atoms with E-state index in [-0.39, 0.29) is 12.4 Å². The summed E-state index contributed by atoms with van der Waals surface area (Å²) in [6.45, 7) is 2.15. The second-order valence-corrected chi connectivity index (χ2v) is 4.32.